The number of hydrogen-bond acceptors (Lipinski definition) is 6. The molecule has 1 N–H and O–H groups in total. The van der Waals surface area contributed by atoms with Crippen molar-refractivity contribution in [3.63, 3.8) is 0 Å². The molecular formula is C21H21BrN2O5S. The monoisotopic (exact) mass is 492 g/mol. The number of carbonyl (C=O) groups excluding carboxylic acids is 1. The Labute approximate surface area is 186 Å². The van der Waals surface area contributed by atoms with Crippen molar-refractivity contribution >= 4 is 45.0 Å². The molecule has 0 bridgehead atoms. The predicted molar refractivity (Wildman–Crippen MR) is 121 cm³/mol. The molecule has 0 aliphatic heterocycles. The Morgan fingerprint density at radius 1 is 1.03 bits per heavy atom. The SMILES string of the molecule is CCOc1cc(C(=O)n2c(=S)[nH]c3ccc(Br)cc3c2=O)cc(OCC)c1OCC. The lowest BCUT2D eigenvalue weighted by Gasteiger charge is -2.17. The van der Waals surface area contributed by atoms with Crippen molar-refractivity contribution < 1.29 is 19.0 Å². The fraction of sp³-hybridized carbons (Fsp3) is 0.286. The standard InChI is InChI=1S/C21H21BrN2O5S/c1-4-27-16-9-12(10-17(28-5-2)18(16)29-6-3)19(25)24-20(26)14-11-13(22)7-8-15(14)23-21(24)30/h7-11H,4-6H2,1-3H3,(H,23,30). The maximum absolute atomic E-state index is 13.3. The van der Waals surface area contributed by atoms with Gasteiger partial charge in [0.1, 0.15) is 0 Å². The van der Waals surface area contributed by atoms with E-state index in [0.717, 1.165) is 9.04 Å². The molecule has 158 valence electrons. The molecule has 0 atom stereocenters. The van der Waals surface area contributed by atoms with E-state index >= 15 is 0 Å². The molecule has 0 spiro atoms. The number of nitrogens with zero attached hydrogens (tertiary/aromatic N) is 1. The van der Waals surface area contributed by atoms with Crippen molar-refractivity contribution in [1.82, 2.24) is 9.55 Å². The molecule has 0 fully saturated rings. The smallest absolute Gasteiger partial charge is 0.269 e. The highest BCUT2D eigenvalue weighted by atomic mass is 79.9. The molecule has 3 rings (SSSR count). The number of H-pyrrole nitrogens is 1. The summed E-state index contributed by atoms with van der Waals surface area (Å²) in [5, 5.41) is 0.340. The molecule has 0 saturated heterocycles. The summed E-state index contributed by atoms with van der Waals surface area (Å²) in [6.07, 6.45) is 0. The average molecular weight is 493 g/mol. The van der Waals surface area contributed by atoms with Gasteiger partial charge in [0.25, 0.3) is 11.5 Å². The van der Waals surface area contributed by atoms with Gasteiger partial charge in [0.2, 0.25) is 5.75 Å². The Morgan fingerprint density at radius 3 is 2.20 bits per heavy atom. The van der Waals surface area contributed by atoms with E-state index < -0.39 is 11.5 Å². The topological polar surface area (TPSA) is 82.6 Å². The summed E-state index contributed by atoms with van der Waals surface area (Å²) in [4.78, 5) is 29.3. The number of aromatic nitrogens is 2. The third-order valence-electron chi connectivity index (χ3n) is 4.22. The molecule has 3 aromatic rings. The normalized spacial score (nSPS) is 10.8. The van der Waals surface area contributed by atoms with Crippen molar-refractivity contribution in [3.05, 3.63) is 55.5 Å². The Hall–Kier alpha value is -2.65. The van der Waals surface area contributed by atoms with Crippen LogP contribution in [0.5, 0.6) is 17.2 Å². The Morgan fingerprint density at radius 2 is 1.63 bits per heavy atom. The molecule has 0 unspecified atom stereocenters. The lowest BCUT2D eigenvalue weighted by molar-refractivity contribution is 0.0952. The van der Waals surface area contributed by atoms with Crippen LogP contribution in [0.2, 0.25) is 0 Å². The van der Waals surface area contributed by atoms with E-state index in [2.05, 4.69) is 20.9 Å². The van der Waals surface area contributed by atoms with Crippen molar-refractivity contribution in [2.24, 2.45) is 0 Å². The van der Waals surface area contributed by atoms with Crippen LogP contribution in [0.15, 0.2) is 39.6 Å². The van der Waals surface area contributed by atoms with Gasteiger partial charge in [0.15, 0.2) is 16.3 Å². The minimum Gasteiger partial charge on any atom is -0.490 e. The first-order valence-corrected chi connectivity index (χ1v) is 10.7. The quantitative estimate of drug-likeness (QED) is 0.481. The van der Waals surface area contributed by atoms with Crippen LogP contribution in [0.25, 0.3) is 10.9 Å². The molecule has 0 aliphatic carbocycles. The zero-order chi connectivity index (χ0) is 21.8. The Bertz CT molecular complexity index is 1190. The highest BCUT2D eigenvalue weighted by Crippen LogP contribution is 2.39. The van der Waals surface area contributed by atoms with E-state index in [9.17, 15) is 9.59 Å². The average Bonchev–Trinajstić information content (AvgIpc) is 2.71. The van der Waals surface area contributed by atoms with E-state index in [-0.39, 0.29) is 10.3 Å². The van der Waals surface area contributed by atoms with Gasteiger partial charge >= 0.3 is 0 Å². The second kappa shape index (κ2) is 9.44. The van der Waals surface area contributed by atoms with Crippen LogP contribution >= 0.6 is 28.1 Å². The van der Waals surface area contributed by atoms with E-state index in [4.69, 9.17) is 26.4 Å². The van der Waals surface area contributed by atoms with Gasteiger partial charge in [-0.05, 0) is 63.3 Å². The van der Waals surface area contributed by atoms with Crippen molar-refractivity contribution in [3.8, 4) is 17.2 Å². The summed E-state index contributed by atoms with van der Waals surface area (Å²) in [5.74, 6) is 0.547. The summed E-state index contributed by atoms with van der Waals surface area (Å²) < 4.78 is 18.7. The van der Waals surface area contributed by atoms with Gasteiger partial charge in [-0.2, -0.15) is 0 Å². The van der Waals surface area contributed by atoms with Gasteiger partial charge in [-0.1, -0.05) is 15.9 Å². The number of benzene rings is 2. The van der Waals surface area contributed by atoms with Crippen LogP contribution in [0, 0.1) is 4.77 Å². The number of aromatic amines is 1. The third-order valence-corrected chi connectivity index (χ3v) is 5.00. The molecule has 9 heteroatoms. The number of fused-ring (bicyclic) bond motifs is 1. The molecule has 2 aromatic carbocycles. The first kappa shape index (κ1) is 22.0. The van der Waals surface area contributed by atoms with Crippen LogP contribution in [-0.2, 0) is 0 Å². The Balaban J connectivity index is 2.22. The fourth-order valence-corrected chi connectivity index (χ4v) is 3.65. The van der Waals surface area contributed by atoms with E-state index in [1.54, 1.807) is 18.2 Å². The van der Waals surface area contributed by atoms with E-state index in [1.807, 2.05) is 20.8 Å². The van der Waals surface area contributed by atoms with Gasteiger partial charge in [-0.15, -0.1) is 0 Å². The number of halogens is 1. The van der Waals surface area contributed by atoms with Gasteiger partial charge in [-0.3, -0.25) is 9.59 Å². The minimum absolute atomic E-state index is 0.00428. The number of ether oxygens (including phenoxy) is 3. The van der Waals surface area contributed by atoms with Crippen LogP contribution in [0.1, 0.15) is 31.1 Å². The van der Waals surface area contributed by atoms with Gasteiger partial charge in [-0.25, -0.2) is 4.57 Å². The largest absolute Gasteiger partial charge is 0.490 e. The molecule has 7 nitrogen and oxygen atoms in total. The second-order valence-corrected chi connectivity index (χ2v) is 7.47. The number of rotatable bonds is 7. The predicted octanol–water partition coefficient (Wildman–Crippen LogP) is 4.71. The zero-order valence-electron chi connectivity index (χ0n) is 16.8. The zero-order valence-corrected chi connectivity index (χ0v) is 19.2. The van der Waals surface area contributed by atoms with Crippen LogP contribution in [-0.4, -0.2) is 35.3 Å². The molecular weight excluding hydrogens is 472 g/mol. The van der Waals surface area contributed by atoms with Crippen molar-refractivity contribution in [2.75, 3.05) is 19.8 Å². The lowest BCUT2D eigenvalue weighted by atomic mass is 10.1. The molecule has 30 heavy (non-hydrogen) atoms. The maximum atomic E-state index is 13.3. The maximum Gasteiger partial charge on any atom is 0.269 e. The first-order valence-electron chi connectivity index (χ1n) is 9.46. The second-order valence-electron chi connectivity index (χ2n) is 6.17. The molecule has 0 amide bonds. The van der Waals surface area contributed by atoms with E-state index in [0.29, 0.717) is 48.0 Å². The van der Waals surface area contributed by atoms with Gasteiger partial charge < -0.3 is 19.2 Å². The molecule has 0 saturated carbocycles. The lowest BCUT2D eigenvalue weighted by Crippen LogP contribution is -2.29. The molecule has 0 radical (unpaired) electrons. The summed E-state index contributed by atoms with van der Waals surface area (Å²) in [6.45, 7) is 6.63. The summed E-state index contributed by atoms with van der Waals surface area (Å²) in [7, 11) is 0. The molecule has 0 aliphatic rings. The summed E-state index contributed by atoms with van der Waals surface area (Å²) in [5.41, 5.74) is 0.236. The van der Waals surface area contributed by atoms with Crippen LogP contribution < -0.4 is 19.8 Å². The number of nitrogens with one attached hydrogen (secondary N) is 1. The molecule has 1 aromatic heterocycles. The first-order chi connectivity index (χ1) is 14.4. The Kier molecular flexibility index (Phi) is 6.94. The molecule has 1 heterocycles. The van der Waals surface area contributed by atoms with Crippen molar-refractivity contribution in [1.29, 1.82) is 0 Å². The summed E-state index contributed by atoms with van der Waals surface area (Å²) >= 11 is 8.65. The van der Waals surface area contributed by atoms with Crippen molar-refractivity contribution in [2.45, 2.75) is 20.8 Å². The minimum atomic E-state index is -0.590. The summed E-state index contributed by atoms with van der Waals surface area (Å²) in [6, 6.07) is 8.22. The number of hydrogen-bond donors (Lipinski definition) is 1. The fourth-order valence-electron chi connectivity index (χ4n) is 3.01. The van der Waals surface area contributed by atoms with Gasteiger partial charge in [0.05, 0.1) is 30.7 Å². The third kappa shape index (κ3) is 4.27. The van der Waals surface area contributed by atoms with E-state index in [1.165, 1.54) is 12.1 Å². The van der Waals surface area contributed by atoms with Gasteiger partial charge in [0, 0.05) is 10.0 Å². The van der Waals surface area contributed by atoms with Crippen LogP contribution in [0.3, 0.4) is 0 Å². The number of carbonyl (C=O) groups is 1. The highest BCUT2D eigenvalue weighted by molar-refractivity contribution is 9.10. The van der Waals surface area contributed by atoms with Crippen LogP contribution in [0.4, 0.5) is 0 Å². The highest BCUT2D eigenvalue weighted by Gasteiger charge is 2.21.